The van der Waals surface area contributed by atoms with Gasteiger partial charge in [-0.05, 0) is 67.3 Å². The fourth-order valence-corrected chi connectivity index (χ4v) is 4.37. The van der Waals surface area contributed by atoms with E-state index in [2.05, 4.69) is 36.2 Å². The van der Waals surface area contributed by atoms with Gasteiger partial charge in [-0.3, -0.25) is 4.79 Å². The molecule has 1 N–H and O–H groups in total. The molecule has 0 bridgehead atoms. The lowest BCUT2D eigenvalue weighted by Crippen LogP contribution is -2.26. The Bertz CT molecular complexity index is 1100. The van der Waals surface area contributed by atoms with E-state index < -0.39 is 0 Å². The smallest absolute Gasteiger partial charge is 0.194 e. The average molecular weight is 450 g/mol. The molecule has 1 saturated heterocycles. The Morgan fingerprint density at radius 3 is 2.52 bits per heavy atom. The molecule has 1 atom stereocenters. The van der Waals surface area contributed by atoms with E-state index in [1.807, 2.05) is 0 Å². The molecule has 4 nitrogen and oxygen atoms in total. The summed E-state index contributed by atoms with van der Waals surface area (Å²) in [5.41, 5.74) is 4.18. The van der Waals surface area contributed by atoms with E-state index in [1.165, 1.54) is 29.3 Å². The number of aromatic amines is 1. The number of benzene rings is 2. The molecule has 5 heteroatoms. The molecule has 0 spiro atoms. The highest BCUT2D eigenvalue weighted by Crippen LogP contribution is 2.24. The van der Waals surface area contributed by atoms with Crippen molar-refractivity contribution < 1.29 is 13.9 Å². The third kappa shape index (κ3) is 6.32. The molecule has 4 rings (SSSR count). The van der Waals surface area contributed by atoms with Crippen molar-refractivity contribution >= 4 is 0 Å². The van der Waals surface area contributed by atoms with Crippen molar-refractivity contribution in [2.75, 3.05) is 13.2 Å². The van der Waals surface area contributed by atoms with Crippen LogP contribution >= 0.6 is 0 Å². The molecule has 1 unspecified atom stereocenters. The van der Waals surface area contributed by atoms with Crippen LogP contribution < -0.4 is 10.2 Å². The van der Waals surface area contributed by atoms with Crippen molar-refractivity contribution in [3.8, 4) is 17.0 Å². The van der Waals surface area contributed by atoms with Crippen LogP contribution in [0, 0.1) is 5.82 Å². The van der Waals surface area contributed by atoms with Crippen LogP contribution in [0.15, 0.2) is 59.4 Å². The Labute approximate surface area is 194 Å². The van der Waals surface area contributed by atoms with E-state index in [9.17, 15) is 9.18 Å². The first-order valence-electron chi connectivity index (χ1n) is 12.0. The second-order valence-corrected chi connectivity index (χ2v) is 8.73. The molecular weight excluding hydrogens is 417 g/mol. The van der Waals surface area contributed by atoms with Crippen LogP contribution in [0.5, 0.6) is 5.88 Å². The Morgan fingerprint density at radius 1 is 1.03 bits per heavy atom. The van der Waals surface area contributed by atoms with E-state index in [-0.39, 0.29) is 17.3 Å². The normalized spacial score (nSPS) is 16.0. The van der Waals surface area contributed by atoms with E-state index in [1.54, 1.807) is 12.1 Å². The molecule has 0 saturated carbocycles. The minimum absolute atomic E-state index is 0.0511. The van der Waals surface area contributed by atoms with Crippen molar-refractivity contribution in [2.24, 2.45) is 0 Å². The van der Waals surface area contributed by atoms with Gasteiger partial charge in [0.1, 0.15) is 12.4 Å². The van der Waals surface area contributed by atoms with E-state index >= 15 is 0 Å². The molecular formula is C28H32FNO3. The van der Waals surface area contributed by atoms with Gasteiger partial charge in [0.25, 0.3) is 0 Å². The molecule has 1 fully saturated rings. The van der Waals surface area contributed by atoms with Crippen LogP contribution in [-0.4, -0.2) is 24.3 Å². The molecule has 174 valence electrons. The van der Waals surface area contributed by atoms with E-state index in [4.69, 9.17) is 9.47 Å². The maximum absolute atomic E-state index is 13.9. The quantitative estimate of drug-likeness (QED) is 0.445. The number of ether oxygens (including phenoxy) is 2. The monoisotopic (exact) mass is 449 g/mol. The third-order valence-electron chi connectivity index (χ3n) is 6.12. The zero-order valence-electron chi connectivity index (χ0n) is 19.2. The van der Waals surface area contributed by atoms with E-state index in [0.717, 1.165) is 50.8 Å². The van der Waals surface area contributed by atoms with Gasteiger partial charge in [-0.1, -0.05) is 49.7 Å². The minimum atomic E-state index is -0.362. The molecule has 1 aromatic heterocycles. The van der Waals surface area contributed by atoms with Gasteiger partial charge in [-0.2, -0.15) is 0 Å². The van der Waals surface area contributed by atoms with Gasteiger partial charge in [-0.15, -0.1) is 0 Å². The predicted molar refractivity (Wildman–Crippen MR) is 129 cm³/mol. The fraction of sp³-hybridized carbons (Fsp3) is 0.393. The van der Waals surface area contributed by atoms with Crippen LogP contribution in [0.2, 0.25) is 0 Å². The second kappa shape index (κ2) is 11.3. The Morgan fingerprint density at radius 2 is 1.82 bits per heavy atom. The summed E-state index contributed by atoms with van der Waals surface area (Å²) in [6.45, 7) is 3.34. The first-order valence-corrected chi connectivity index (χ1v) is 12.0. The van der Waals surface area contributed by atoms with Gasteiger partial charge in [-0.25, -0.2) is 4.39 Å². The minimum Gasteiger partial charge on any atom is -0.476 e. The molecule has 2 aromatic carbocycles. The second-order valence-electron chi connectivity index (χ2n) is 8.73. The first kappa shape index (κ1) is 23.2. The van der Waals surface area contributed by atoms with Gasteiger partial charge in [0.2, 0.25) is 0 Å². The van der Waals surface area contributed by atoms with Gasteiger partial charge < -0.3 is 14.5 Å². The Kier molecular flexibility index (Phi) is 7.95. The highest BCUT2D eigenvalue weighted by Gasteiger charge is 2.17. The third-order valence-corrected chi connectivity index (χ3v) is 6.12. The van der Waals surface area contributed by atoms with Crippen molar-refractivity contribution in [3.05, 3.63) is 87.5 Å². The summed E-state index contributed by atoms with van der Waals surface area (Å²) in [6, 6.07) is 16.3. The van der Waals surface area contributed by atoms with Gasteiger partial charge in [0.05, 0.1) is 6.10 Å². The average Bonchev–Trinajstić information content (AvgIpc) is 2.83. The molecule has 1 aliphatic heterocycles. The summed E-state index contributed by atoms with van der Waals surface area (Å²) in [4.78, 5) is 16.4. The standard InChI is InChI=1S/C28H32FNO3/c1-2-6-20-10-12-21(13-11-20)14-15-25-28(22-7-5-8-23(29)17-22)26(31)18-27(30-25)33-19-24-9-3-4-16-32-24/h5,7-8,10-13,17-18,24H,2-4,6,9,14-16,19H2,1H3,(H,30,31). The summed E-state index contributed by atoms with van der Waals surface area (Å²) in [5, 5.41) is 0. The highest BCUT2D eigenvalue weighted by atomic mass is 19.1. The SMILES string of the molecule is CCCc1ccc(CCc2[nH]c(OCC3CCCCO3)cc(=O)c2-c2cccc(F)c2)cc1. The number of aromatic nitrogens is 1. The lowest BCUT2D eigenvalue weighted by atomic mass is 9.98. The lowest BCUT2D eigenvalue weighted by molar-refractivity contribution is -0.0119. The Hall–Kier alpha value is -2.92. The number of hydrogen-bond donors (Lipinski definition) is 1. The number of halogens is 1. The molecule has 2 heterocycles. The molecule has 0 amide bonds. The van der Waals surface area contributed by atoms with Crippen LogP contribution in [-0.2, 0) is 24.0 Å². The number of pyridine rings is 1. The fourth-order valence-electron chi connectivity index (χ4n) is 4.37. The molecule has 3 aromatic rings. The largest absolute Gasteiger partial charge is 0.476 e. The van der Waals surface area contributed by atoms with Crippen molar-refractivity contribution in [1.29, 1.82) is 0 Å². The maximum Gasteiger partial charge on any atom is 0.194 e. The number of nitrogens with one attached hydrogen (secondary N) is 1. The van der Waals surface area contributed by atoms with Gasteiger partial charge >= 0.3 is 0 Å². The maximum atomic E-state index is 13.9. The summed E-state index contributed by atoms with van der Waals surface area (Å²) in [5.74, 6) is 0.0711. The Balaban J connectivity index is 1.57. The first-order chi connectivity index (χ1) is 16.1. The van der Waals surface area contributed by atoms with Crippen LogP contribution in [0.4, 0.5) is 4.39 Å². The summed E-state index contributed by atoms with van der Waals surface area (Å²) in [6.07, 6.45) is 6.80. The summed E-state index contributed by atoms with van der Waals surface area (Å²) >= 11 is 0. The number of rotatable bonds is 9. The van der Waals surface area contributed by atoms with E-state index in [0.29, 0.717) is 30.0 Å². The molecule has 1 aliphatic rings. The zero-order valence-corrected chi connectivity index (χ0v) is 19.2. The highest BCUT2D eigenvalue weighted by molar-refractivity contribution is 5.66. The number of H-pyrrole nitrogens is 1. The van der Waals surface area contributed by atoms with Crippen LogP contribution in [0.1, 0.15) is 49.4 Å². The van der Waals surface area contributed by atoms with Gasteiger partial charge in [0, 0.05) is 23.9 Å². The van der Waals surface area contributed by atoms with Crippen molar-refractivity contribution in [3.63, 3.8) is 0 Å². The lowest BCUT2D eigenvalue weighted by Gasteiger charge is -2.22. The van der Waals surface area contributed by atoms with Crippen molar-refractivity contribution in [1.82, 2.24) is 4.98 Å². The summed E-state index contributed by atoms with van der Waals surface area (Å²) in [7, 11) is 0. The molecule has 0 radical (unpaired) electrons. The summed E-state index contributed by atoms with van der Waals surface area (Å²) < 4.78 is 25.6. The number of hydrogen-bond acceptors (Lipinski definition) is 3. The van der Waals surface area contributed by atoms with Crippen LogP contribution in [0.3, 0.4) is 0 Å². The molecule has 33 heavy (non-hydrogen) atoms. The number of aryl methyl sites for hydroxylation is 3. The van der Waals surface area contributed by atoms with Crippen molar-refractivity contribution in [2.45, 2.75) is 58.0 Å². The predicted octanol–water partition coefficient (Wildman–Crippen LogP) is 5.87. The topological polar surface area (TPSA) is 51.3 Å². The zero-order chi connectivity index (χ0) is 23.0. The van der Waals surface area contributed by atoms with Gasteiger partial charge in [0.15, 0.2) is 11.3 Å². The molecule has 0 aliphatic carbocycles. The van der Waals surface area contributed by atoms with Crippen LogP contribution in [0.25, 0.3) is 11.1 Å².